The lowest BCUT2D eigenvalue weighted by molar-refractivity contribution is -0.144. The second-order valence-electron chi connectivity index (χ2n) is 7.90. The molecule has 0 spiro atoms. The Bertz CT molecular complexity index is 1260. The molecule has 0 saturated carbocycles. The zero-order chi connectivity index (χ0) is 24.9. The molecule has 2 aromatic carbocycles. The predicted octanol–water partition coefficient (Wildman–Crippen LogP) is 3.63. The number of hydrogen-bond donors (Lipinski definition) is 4. The van der Waals surface area contributed by atoms with E-state index in [-0.39, 0.29) is 12.0 Å². The van der Waals surface area contributed by atoms with E-state index in [1.807, 2.05) is 24.3 Å². The van der Waals surface area contributed by atoms with Gasteiger partial charge in [-0.05, 0) is 48.2 Å². The van der Waals surface area contributed by atoms with Gasteiger partial charge in [0.1, 0.15) is 11.6 Å². The molecule has 0 aliphatic heterocycles. The fourth-order valence-electron chi connectivity index (χ4n) is 3.69. The first-order valence-corrected chi connectivity index (χ1v) is 10.4. The van der Waals surface area contributed by atoms with Gasteiger partial charge < -0.3 is 21.7 Å². The van der Waals surface area contributed by atoms with Crippen molar-refractivity contribution in [3.05, 3.63) is 95.5 Å². The van der Waals surface area contributed by atoms with Crippen molar-refractivity contribution in [3.63, 3.8) is 0 Å². The minimum atomic E-state index is -1.35. The van der Waals surface area contributed by atoms with E-state index >= 15 is 0 Å². The highest BCUT2D eigenvalue weighted by Crippen LogP contribution is 2.43. The Kier molecular flexibility index (Phi) is 7.28. The lowest BCUT2D eigenvalue weighted by Crippen LogP contribution is -2.32. The molecule has 0 fully saturated rings. The molecule has 0 saturated heterocycles. The molecule has 176 valence electrons. The Balaban J connectivity index is 0.000000202. The van der Waals surface area contributed by atoms with Crippen LogP contribution in [0.3, 0.4) is 0 Å². The molecule has 1 aliphatic carbocycles. The number of aliphatic carboxylic acids is 2. The molecule has 1 heterocycles. The molecular weight excluding hydrogens is 439 g/mol. The van der Waals surface area contributed by atoms with Crippen LogP contribution in [0.1, 0.15) is 24.5 Å². The predicted molar refractivity (Wildman–Crippen MR) is 126 cm³/mol. The van der Waals surface area contributed by atoms with E-state index in [4.69, 9.17) is 16.6 Å². The van der Waals surface area contributed by atoms with Crippen molar-refractivity contribution in [2.75, 3.05) is 5.73 Å². The maximum Gasteiger partial charge on any atom is 0.331 e. The maximum atomic E-state index is 12.9. The number of hydrogen-bond acceptors (Lipinski definition) is 5. The highest BCUT2D eigenvalue weighted by molar-refractivity contribution is 5.98. The summed E-state index contributed by atoms with van der Waals surface area (Å²) in [6, 6.07) is 15.0. The number of nitrogens with zero attached hydrogens (tertiary/aromatic N) is 2. The van der Waals surface area contributed by atoms with Crippen LogP contribution in [0, 0.1) is 11.2 Å². The number of carbonyl (C=O) groups is 2. The molecular formula is C25H25FN4O4. The topological polar surface area (TPSA) is 144 Å². The summed E-state index contributed by atoms with van der Waals surface area (Å²) in [6.45, 7) is 1.95. The molecule has 0 amide bonds. The third-order valence-electron chi connectivity index (χ3n) is 5.60. The summed E-state index contributed by atoms with van der Waals surface area (Å²) in [5.41, 5.74) is 13.1. The highest BCUT2D eigenvalue weighted by Gasteiger charge is 2.41. The fraction of sp³-hybridized carbons (Fsp3) is 0.160. The standard InChI is InChI=1S/C15H13FO4.C10H12N4/c1-15(14(19)20)8-10(13(17)18)4-7-12(15)9-2-5-11(16)6-3-9;11-7-8-3-1-2-4-9(8)14-10(12)5-6-13-14/h2-7H,8H2,1H3,(H,17,18)(H,19,20);1-6H,7,11-12H2. The van der Waals surface area contributed by atoms with Gasteiger partial charge in [-0.2, -0.15) is 5.10 Å². The lowest BCUT2D eigenvalue weighted by atomic mass is 9.71. The van der Waals surface area contributed by atoms with Crippen molar-refractivity contribution in [2.45, 2.75) is 19.9 Å². The SMILES string of the molecule is CC1(C(=O)O)CC(C(=O)O)=CC=C1c1ccc(F)cc1.NCc1ccccc1-n1nccc1N. The number of nitrogens with two attached hydrogens (primary N) is 2. The van der Waals surface area contributed by atoms with Crippen LogP contribution in [0.2, 0.25) is 0 Å². The van der Waals surface area contributed by atoms with Gasteiger partial charge in [-0.25, -0.2) is 13.9 Å². The van der Waals surface area contributed by atoms with Gasteiger partial charge in [0.15, 0.2) is 0 Å². The van der Waals surface area contributed by atoms with Crippen LogP contribution in [-0.2, 0) is 16.1 Å². The minimum absolute atomic E-state index is 0.0424. The average Bonchev–Trinajstić information content (AvgIpc) is 3.25. The van der Waals surface area contributed by atoms with Crippen LogP contribution >= 0.6 is 0 Å². The normalized spacial score (nSPS) is 17.1. The van der Waals surface area contributed by atoms with Crippen molar-refractivity contribution in [2.24, 2.45) is 11.1 Å². The van der Waals surface area contributed by atoms with E-state index in [0.29, 0.717) is 23.5 Å². The molecule has 6 N–H and O–H groups in total. The van der Waals surface area contributed by atoms with Crippen molar-refractivity contribution >= 4 is 23.3 Å². The number of aromatic nitrogens is 2. The van der Waals surface area contributed by atoms with Crippen molar-refractivity contribution in [1.82, 2.24) is 9.78 Å². The number of anilines is 1. The Morgan fingerprint density at radius 3 is 2.32 bits per heavy atom. The number of carboxylic acids is 2. The monoisotopic (exact) mass is 464 g/mol. The van der Waals surface area contributed by atoms with E-state index in [2.05, 4.69) is 5.10 Å². The minimum Gasteiger partial charge on any atom is -0.481 e. The van der Waals surface area contributed by atoms with Gasteiger partial charge in [-0.1, -0.05) is 42.5 Å². The quantitative estimate of drug-likeness (QED) is 0.451. The van der Waals surface area contributed by atoms with E-state index in [1.165, 1.54) is 43.3 Å². The number of allylic oxidation sites excluding steroid dienone is 2. The lowest BCUT2D eigenvalue weighted by Gasteiger charge is -2.31. The van der Waals surface area contributed by atoms with Crippen LogP contribution in [-0.4, -0.2) is 31.9 Å². The van der Waals surface area contributed by atoms with Gasteiger partial charge in [0.2, 0.25) is 0 Å². The molecule has 1 aliphatic rings. The second-order valence-corrected chi connectivity index (χ2v) is 7.90. The molecule has 34 heavy (non-hydrogen) atoms. The Morgan fingerprint density at radius 2 is 1.76 bits per heavy atom. The summed E-state index contributed by atoms with van der Waals surface area (Å²) < 4.78 is 14.6. The molecule has 8 nitrogen and oxygen atoms in total. The Morgan fingerprint density at radius 1 is 1.09 bits per heavy atom. The number of halogens is 1. The molecule has 0 radical (unpaired) electrons. The zero-order valence-corrected chi connectivity index (χ0v) is 18.5. The summed E-state index contributed by atoms with van der Waals surface area (Å²) in [6.07, 6.45) is 4.43. The van der Waals surface area contributed by atoms with Crippen LogP contribution in [0.4, 0.5) is 10.2 Å². The summed E-state index contributed by atoms with van der Waals surface area (Å²) in [5, 5.41) is 22.6. The van der Waals surface area contributed by atoms with Crippen molar-refractivity contribution < 1.29 is 24.2 Å². The molecule has 9 heteroatoms. The van der Waals surface area contributed by atoms with Gasteiger partial charge >= 0.3 is 11.9 Å². The Hall–Kier alpha value is -4.24. The molecule has 3 aromatic rings. The van der Waals surface area contributed by atoms with E-state index < -0.39 is 23.2 Å². The second kappa shape index (κ2) is 10.1. The van der Waals surface area contributed by atoms with Crippen LogP contribution < -0.4 is 11.5 Å². The van der Waals surface area contributed by atoms with Crippen molar-refractivity contribution in [3.8, 4) is 5.69 Å². The molecule has 0 bridgehead atoms. The van der Waals surface area contributed by atoms with Crippen molar-refractivity contribution in [1.29, 1.82) is 0 Å². The molecule has 1 atom stereocenters. The number of para-hydroxylation sites is 1. The Labute approximate surface area is 195 Å². The third kappa shape index (κ3) is 5.05. The van der Waals surface area contributed by atoms with Gasteiger partial charge in [-0.15, -0.1) is 0 Å². The third-order valence-corrected chi connectivity index (χ3v) is 5.60. The first-order valence-electron chi connectivity index (χ1n) is 10.4. The number of carboxylic acid groups (broad SMARTS) is 2. The number of nitrogen functional groups attached to an aromatic ring is 1. The fourth-order valence-corrected chi connectivity index (χ4v) is 3.69. The van der Waals surface area contributed by atoms with Gasteiger partial charge in [0.25, 0.3) is 0 Å². The van der Waals surface area contributed by atoms with E-state index in [1.54, 1.807) is 16.9 Å². The van der Waals surface area contributed by atoms with Gasteiger partial charge in [0, 0.05) is 18.2 Å². The number of rotatable bonds is 5. The summed E-state index contributed by atoms with van der Waals surface area (Å²) in [5.74, 6) is -2.04. The first-order chi connectivity index (χ1) is 16.2. The number of benzene rings is 2. The van der Waals surface area contributed by atoms with Crippen LogP contribution in [0.5, 0.6) is 0 Å². The maximum absolute atomic E-state index is 12.9. The smallest absolute Gasteiger partial charge is 0.331 e. The largest absolute Gasteiger partial charge is 0.481 e. The molecule has 1 unspecified atom stereocenters. The van der Waals surface area contributed by atoms with Crippen LogP contribution in [0.25, 0.3) is 11.3 Å². The van der Waals surface area contributed by atoms with Crippen LogP contribution in [0.15, 0.2) is 78.5 Å². The molecule has 1 aromatic heterocycles. The van der Waals surface area contributed by atoms with E-state index in [9.17, 15) is 19.1 Å². The van der Waals surface area contributed by atoms with Gasteiger partial charge in [0.05, 0.1) is 17.3 Å². The zero-order valence-electron chi connectivity index (χ0n) is 18.5. The van der Waals surface area contributed by atoms with E-state index in [0.717, 1.165) is 11.3 Å². The summed E-state index contributed by atoms with van der Waals surface area (Å²) in [4.78, 5) is 22.6. The first kappa shape index (κ1) is 24.4. The molecule has 4 rings (SSSR count). The summed E-state index contributed by atoms with van der Waals surface area (Å²) in [7, 11) is 0. The highest BCUT2D eigenvalue weighted by atomic mass is 19.1. The summed E-state index contributed by atoms with van der Waals surface area (Å²) >= 11 is 0. The average molecular weight is 464 g/mol. The van der Waals surface area contributed by atoms with Gasteiger partial charge in [-0.3, -0.25) is 4.79 Å².